The van der Waals surface area contributed by atoms with Gasteiger partial charge in [-0.1, -0.05) is 18.3 Å². The minimum Gasteiger partial charge on any atom is -0.459 e. The van der Waals surface area contributed by atoms with Gasteiger partial charge in [0.1, 0.15) is 33.8 Å². The molecule has 188 valence electrons. The molecule has 11 heteroatoms. The largest absolute Gasteiger partial charge is 0.459 e. The number of anilines is 1. The lowest BCUT2D eigenvalue weighted by Crippen LogP contribution is -2.51. The number of rotatable bonds is 4. The molecule has 0 N–H and O–H groups in total. The third kappa shape index (κ3) is 6.10. The van der Waals surface area contributed by atoms with Crippen LogP contribution in [0.3, 0.4) is 0 Å². The van der Waals surface area contributed by atoms with Crippen molar-refractivity contribution in [3.8, 4) is 0 Å². The molecule has 0 spiro atoms. The van der Waals surface area contributed by atoms with Gasteiger partial charge in [0.2, 0.25) is 5.43 Å². The number of amides is 1. The maximum absolute atomic E-state index is 13.5. The SMILES string of the molecule is CCc1c(N2CCN(C(=O)OC(C)(C)C)CC2)c(=O)c2nc(Br)sc2n1CC(=O)OC(C)(C)C. The van der Waals surface area contributed by atoms with E-state index in [0.29, 0.717) is 52.6 Å². The Morgan fingerprint density at radius 2 is 1.62 bits per heavy atom. The van der Waals surface area contributed by atoms with Crippen LogP contribution in [0.4, 0.5) is 10.5 Å². The number of esters is 1. The van der Waals surface area contributed by atoms with Crippen LogP contribution in [0.1, 0.15) is 54.2 Å². The van der Waals surface area contributed by atoms with Crippen LogP contribution >= 0.6 is 27.3 Å². The second-order valence-electron chi connectivity index (χ2n) is 10.2. The second-order valence-corrected chi connectivity index (χ2v) is 12.5. The molecule has 1 amide bonds. The van der Waals surface area contributed by atoms with E-state index < -0.39 is 11.2 Å². The van der Waals surface area contributed by atoms with Gasteiger partial charge in [-0.25, -0.2) is 9.78 Å². The topological polar surface area (TPSA) is 94.0 Å². The van der Waals surface area contributed by atoms with Crippen LogP contribution in [-0.4, -0.2) is 63.9 Å². The van der Waals surface area contributed by atoms with E-state index in [9.17, 15) is 14.4 Å². The van der Waals surface area contributed by atoms with Crippen LogP contribution in [0, 0.1) is 0 Å². The molecule has 0 atom stereocenters. The fourth-order valence-electron chi connectivity index (χ4n) is 3.90. The summed E-state index contributed by atoms with van der Waals surface area (Å²) in [6.07, 6.45) is 0.189. The zero-order valence-corrected chi connectivity index (χ0v) is 23.3. The highest BCUT2D eigenvalue weighted by Gasteiger charge is 2.30. The molecule has 1 aliphatic rings. The van der Waals surface area contributed by atoms with E-state index in [1.807, 2.05) is 57.9 Å². The van der Waals surface area contributed by atoms with Gasteiger partial charge in [0, 0.05) is 31.9 Å². The molecule has 2 aromatic rings. The summed E-state index contributed by atoms with van der Waals surface area (Å²) < 4.78 is 13.5. The number of ether oxygens (including phenoxy) is 2. The van der Waals surface area contributed by atoms with Gasteiger partial charge in [-0.2, -0.15) is 0 Å². The first-order valence-corrected chi connectivity index (χ1v) is 13.0. The quantitative estimate of drug-likeness (QED) is 0.521. The number of carbonyl (C=O) groups excluding carboxylic acids is 2. The van der Waals surface area contributed by atoms with Crippen LogP contribution in [0.5, 0.6) is 0 Å². The van der Waals surface area contributed by atoms with E-state index in [-0.39, 0.29) is 24.0 Å². The van der Waals surface area contributed by atoms with Crippen molar-refractivity contribution in [2.45, 2.75) is 72.6 Å². The molecule has 0 saturated carbocycles. The molecule has 9 nitrogen and oxygen atoms in total. The van der Waals surface area contributed by atoms with E-state index in [1.165, 1.54) is 11.3 Å². The molecule has 2 aromatic heterocycles. The Morgan fingerprint density at radius 3 is 2.15 bits per heavy atom. The van der Waals surface area contributed by atoms with Crippen molar-refractivity contribution in [1.82, 2.24) is 14.5 Å². The third-order valence-electron chi connectivity index (χ3n) is 5.15. The number of halogens is 1. The molecular weight excluding hydrogens is 524 g/mol. The Bertz CT molecular complexity index is 1140. The molecule has 0 unspecified atom stereocenters. The highest BCUT2D eigenvalue weighted by atomic mass is 79.9. The van der Waals surface area contributed by atoms with Gasteiger partial charge < -0.3 is 23.8 Å². The molecule has 1 aliphatic heterocycles. The lowest BCUT2D eigenvalue weighted by molar-refractivity contribution is -0.155. The van der Waals surface area contributed by atoms with Crippen LogP contribution < -0.4 is 10.3 Å². The lowest BCUT2D eigenvalue weighted by atomic mass is 10.1. The van der Waals surface area contributed by atoms with Crippen LogP contribution in [0.15, 0.2) is 8.71 Å². The van der Waals surface area contributed by atoms with Crippen molar-refractivity contribution in [3.05, 3.63) is 19.8 Å². The molecule has 3 heterocycles. The van der Waals surface area contributed by atoms with Crippen molar-refractivity contribution < 1.29 is 19.1 Å². The first-order chi connectivity index (χ1) is 15.7. The summed E-state index contributed by atoms with van der Waals surface area (Å²) in [4.78, 5) is 47.4. The van der Waals surface area contributed by atoms with Gasteiger partial charge in [0.05, 0.1) is 0 Å². The van der Waals surface area contributed by atoms with E-state index in [0.717, 1.165) is 5.69 Å². The Kier molecular flexibility index (Phi) is 7.66. The van der Waals surface area contributed by atoms with E-state index in [1.54, 1.807) is 4.90 Å². The predicted molar refractivity (Wildman–Crippen MR) is 137 cm³/mol. The number of nitrogens with zero attached hydrogens (tertiary/aromatic N) is 4. The Morgan fingerprint density at radius 1 is 1.03 bits per heavy atom. The Hall–Kier alpha value is -2.14. The summed E-state index contributed by atoms with van der Waals surface area (Å²) >= 11 is 4.71. The van der Waals surface area contributed by atoms with E-state index in [2.05, 4.69) is 20.9 Å². The molecule has 34 heavy (non-hydrogen) atoms. The molecule has 0 aliphatic carbocycles. The Balaban J connectivity index is 1.97. The molecule has 3 rings (SSSR count). The number of aromatic nitrogens is 2. The fraction of sp³-hybridized carbons (Fsp3) is 0.652. The number of piperazine rings is 1. The number of fused-ring (bicyclic) bond motifs is 1. The summed E-state index contributed by atoms with van der Waals surface area (Å²) in [6, 6.07) is 0. The van der Waals surface area contributed by atoms with Crippen molar-refractivity contribution >= 4 is 55.4 Å². The minimum atomic E-state index is -0.614. The normalized spacial score (nSPS) is 15.1. The first-order valence-electron chi connectivity index (χ1n) is 11.4. The molecule has 0 radical (unpaired) electrons. The second kappa shape index (κ2) is 9.85. The number of pyridine rings is 1. The average molecular weight is 558 g/mol. The standard InChI is InChI=1S/C23H33BrN4O5S/c1-8-14-17(26-9-11-27(12-10-26)21(31)33-23(5,6)7)18(30)16-19(34-20(24)25-16)28(14)13-15(29)32-22(2,3)4/h8-13H2,1-7H3. The third-order valence-corrected chi connectivity index (χ3v) is 6.68. The molecule has 1 fully saturated rings. The van der Waals surface area contributed by atoms with Gasteiger partial charge in [0.15, 0.2) is 3.92 Å². The molecule has 0 aromatic carbocycles. The lowest BCUT2D eigenvalue weighted by Gasteiger charge is -2.37. The molecule has 1 saturated heterocycles. The number of carbonyl (C=O) groups is 2. The van der Waals surface area contributed by atoms with Crippen molar-refractivity contribution in [1.29, 1.82) is 0 Å². The average Bonchev–Trinajstić information content (AvgIpc) is 3.09. The first kappa shape index (κ1) is 26.5. The number of hydrogen-bond acceptors (Lipinski definition) is 8. The number of thiazole rings is 1. The monoisotopic (exact) mass is 556 g/mol. The van der Waals surface area contributed by atoms with Gasteiger partial charge in [-0.05, 0) is 63.9 Å². The Labute approximate surface area is 212 Å². The van der Waals surface area contributed by atoms with Crippen LogP contribution in [-0.2, 0) is 27.2 Å². The summed E-state index contributed by atoms with van der Waals surface area (Å²) in [5.41, 5.74) is 0.256. The fourth-order valence-corrected chi connectivity index (χ4v) is 5.36. The van der Waals surface area contributed by atoms with Crippen molar-refractivity contribution in [2.75, 3.05) is 31.1 Å². The minimum absolute atomic E-state index is 0.0171. The van der Waals surface area contributed by atoms with Crippen molar-refractivity contribution in [2.24, 2.45) is 0 Å². The zero-order valence-electron chi connectivity index (χ0n) is 20.9. The summed E-state index contributed by atoms with van der Waals surface area (Å²) in [6.45, 7) is 14.7. The molecule has 0 bridgehead atoms. The summed E-state index contributed by atoms with van der Waals surface area (Å²) in [5, 5.41) is 0. The van der Waals surface area contributed by atoms with E-state index >= 15 is 0 Å². The predicted octanol–water partition coefficient (Wildman–Crippen LogP) is 4.18. The summed E-state index contributed by atoms with van der Waals surface area (Å²) in [5.74, 6) is -0.377. The highest BCUT2D eigenvalue weighted by molar-refractivity contribution is 9.11. The van der Waals surface area contributed by atoms with Crippen molar-refractivity contribution in [3.63, 3.8) is 0 Å². The van der Waals surface area contributed by atoms with Gasteiger partial charge in [-0.3, -0.25) is 9.59 Å². The maximum Gasteiger partial charge on any atom is 0.410 e. The van der Waals surface area contributed by atoms with Gasteiger partial charge in [-0.15, -0.1) is 0 Å². The summed E-state index contributed by atoms with van der Waals surface area (Å²) in [7, 11) is 0. The zero-order chi connectivity index (χ0) is 25.4. The maximum atomic E-state index is 13.5. The number of hydrogen-bond donors (Lipinski definition) is 0. The molecular formula is C23H33BrN4O5S. The van der Waals surface area contributed by atoms with E-state index in [4.69, 9.17) is 9.47 Å². The highest BCUT2D eigenvalue weighted by Crippen LogP contribution is 2.30. The van der Waals surface area contributed by atoms with Gasteiger partial charge >= 0.3 is 12.1 Å². The van der Waals surface area contributed by atoms with Crippen LogP contribution in [0.25, 0.3) is 10.3 Å². The smallest absolute Gasteiger partial charge is 0.410 e. The van der Waals surface area contributed by atoms with Crippen LogP contribution in [0.2, 0.25) is 0 Å². The van der Waals surface area contributed by atoms with Gasteiger partial charge in [0.25, 0.3) is 0 Å².